The monoisotopic (exact) mass is 292 g/mol. The van der Waals surface area contributed by atoms with Crippen LogP contribution in [0.15, 0.2) is 6.33 Å². The lowest BCUT2D eigenvalue weighted by Gasteiger charge is -2.33. The molecule has 4 nitrogen and oxygen atoms in total. The number of aromatic nitrogens is 3. The van der Waals surface area contributed by atoms with Crippen molar-refractivity contribution >= 4 is 0 Å². The van der Waals surface area contributed by atoms with E-state index >= 15 is 0 Å². The van der Waals surface area contributed by atoms with Gasteiger partial charge in [-0.15, -0.1) is 0 Å². The summed E-state index contributed by atoms with van der Waals surface area (Å²) in [6, 6.07) is 0.783. The summed E-state index contributed by atoms with van der Waals surface area (Å²) in [6.45, 7) is 8.94. The van der Waals surface area contributed by atoms with Gasteiger partial charge in [0.05, 0.1) is 0 Å². The topological polar surface area (TPSA) is 42.7 Å². The van der Waals surface area contributed by atoms with Crippen LogP contribution >= 0.6 is 0 Å². The standard InChI is InChI=1S/C17H32N4/c1-4-7-10-17(6-3,13-18-15-8-9-15)12-16-19-14-20-21(16)11-5-2/h14-15,18H,4-13H2,1-3H3. The van der Waals surface area contributed by atoms with Crippen LogP contribution in [0.2, 0.25) is 0 Å². The molecular formula is C17H32N4. The molecule has 21 heavy (non-hydrogen) atoms. The van der Waals surface area contributed by atoms with E-state index in [1.54, 1.807) is 6.33 Å². The fourth-order valence-corrected chi connectivity index (χ4v) is 3.03. The van der Waals surface area contributed by atoms with Gasteiger partial charge in [-0.3, -0.25) is 4.68 Å². The van der Waals surface area contributed by atoms with Gasteiger partial charge in [0.15, 0.2) is 0 Å². The maximum absolute atomic E-state index is 4.54. The summed E-state index contributed by atoms with van der Waals surface area (Å²) >= 11 is 0. The molecule has 1 aromatic heterocycles. The summed E-state index contributed by atoms with van der Waals surface area (Å²) in [4.78, 5) is 4.54. The Kier molecular flexibility index (Phi) is 6.22. The van der Waals surface area contributed by atoms with E-state index in [9.17, 15) is 0 Å². The molecule has 4 heteroatoms. The van der Waals surface area contributed by atoms with Crippen molar-refractivity contribution in [3.63, 3.8) is 0 Å². The molecule has 1 aliphatic rings. The lowest BCUT2D eigenvalue weighted by Crippen LogP contribution is -2.37. The Hall–Kier alpha value is -0.900. The van der Waals surface area contributed by atoms with E-state index < -0.39 is 0 Å². The molecule has 1 fully saturated rings. The molecule has 0 spiro atoms. The molecule has 0 saturated heterocycles. The zero-order valence-corrected chi connectivity index (χ0v) is 14.1. The number of nitrogens with one attached hydrogen (secondary N) is 1. The summed E-state index contributed by atoms with van der Waals surface area (Å²) in [7, 11) is 0. The Morgan fingerprint density at radius 2 is 2.10 bits per heavy atom. The average Bonchev–Trinajstić information content (AvgIpc) is 3.24. The first-order valence-electron chi connectivity index (χ1n) is 8.83. The second-order valence-electron chi connectivity index (χ2n) is 6.69. The van der Waals surface area contributed by atoms with Gasteiger partial charge in [0, 0.05) is 25.6 Å². The third kappa shape index (κ3) is 4.80. The molecule has 1 N–H and O–H groups in total. The summed E-state index contributed by atoms with van der Waals surface area (Å²) < 4.78 is 2.10. The van der Waals surface area contributed by atoms with Gasteiger partial charge in [0.25, 0.3) is 0 Å². The maximum atomic E-state index is 4.54. The molecule has 120 valence electrons. The van der Waals surface area contributed by atoms with Crippen LogP contribution in [0.5, 0.6) is 0 Å². The molecule has 0 radical (unpaired) electrons. The first kappa shape index (κ1) is 16.5. The van der Waals surface area contributed by atoms with Crippen LogP contribution < -0.4 is 5.32 Å². The molecule has 2 rings (SSSR count). The highest BCUT2D eigenvalue weighted by Gasteiger charge is 2.32. The van der Waals surface area contributed by atoms with E-state index in [1.165, 1.54) is 44.3 Å². The number of unbranched alkanes of at least 4 members (excludes halogenated alkanes) is 1. The van der Waals surface area contributed by atoms with Gasteiger partial charge in [-0.2, -0.15) is 5.10 Å². The Labute approximate surface area is 129 Å². The van der Waals surface area contributed by atoms with Crippen molar-refractivity contribution in [2.75, 3.05) is 6.54 Å². The minimum absolute atomic E-state index is 0.344. The van der Waals surface area contributed by atoms with Crippen LogP contribution in [0.3, 0.4) is 0 Å². The molecule has 1 unspecified atom stereocenters. The summed E-state index contributed by atoms with van der Waals surface area (Å²) in [5.41, 5.74) is 0.344. The quantitative estimate of drug-likeness (QED) is 0.678. The molecule has 1 aromatic rings. The predicted octanol–water partition coefficient (Wildman–Crippen LogP) is 3.57. The zero-order valence-electron chi connectivity index (χ0n) is 14.1. The van der Waals surface area contributed by atoms with Gasteiger partial charge >= 0.3 is 0 Å². The van der Waals surface area contributed by atoms with Gasteiger partial charge in [-0.05, 0) is 37.5 Å². The number of nitrogens with zero attached hydrogens (tertiary/aromatic N) is 3. The highest BCUT2D eigenvalue weighted by atomic mass is 15.3. The van der Waals surface area contributed by atoms with Crippen LogP contribution in [0.1, 0.15) is 71.5 Å². The number of hydrogen-bond donors (Lipinski definition) is 1. The maximum Gasteiger partial charge on any atom is 0.138 e. The highest BCUT2D eigenvalue weighted by molar-refractivity contribution is 4.96. The Bertz CT molecular complexity index is 411. The van der Waals surface area contributed by atoms with E-state index in [2.05, 4.69) is 40.9 Å². The van der Waals surface area contributed by atoms with Crippen LogP contribution in [0.25, 0.3) is 0 Å². The number of aryl methyl sites for hydroxylation is 1. The molecule has 1 saturated carbocycles. The largest absolute Gasteiger partial charge is 0.313 e. The van der Waals surface area contributed by atoms with Crippen molar-refractivity contribution in [2.24, 2.45) is 5.41 Å². The van der Waals surface area contributed by atoms with Gasteiger partial charge in [0.2, 0.25) is 0 Å². The van der Waals surface area contributed by atoms with Gasteiger partial charge in [0.1, 0.15) is 12.2 Å². The smallest absolute Gasteiger partial charge is 0.138 e. The molecule has 1 aliphatic carbocycles. The number of rotatable bonds is 11. The van der Waals surface area contributed by atoms with Crippen molar-refractivity contribution < 1.29 is 0 Å². The van der Waals surface area contributed by atoms with Crippen LogP contribution in [-0.2, 0) is 13.0 Å². The predicted molar refractivity (Wildman–Crippen MR) is 87.3 cm³/mol. The number of hydrogen-bond acceptors (Lipinski definition) is 3. The molecule has 0 amide bonds. The average molecular weight is 292 g/mol. The molecule has 1 atom stereocenters. The Morgan fingerprint density at radius 1 is 1.29 bits per heavy atom. The lowest BCUT2D eigenvalue weighted by molar-refractivity contribution is 0.220. The fourth-order valence-electron chi connectivity index (χ4n) is 3.03. The second kappa shape index (κ2) is 7.92. The SMILES string of the molecule is CCCCC(CC)(CNC1CC1)Cc1ncnn1CCC. The van der Waals surface area contributed by atoms with Gasteiger partial charge < -0.3 is 5.32 Å². The first-order chi connectivity index (χ1) is 10.2. The molecule has 0 bridgehead atoms. The summed E-state index contributed by atoms with van der Waals surface area (Å²) in [6.07, 6.45) is 11.7. The van der Waals surface area contributed by atoms with E-state index in [-0.39, 0.29) is 0 Å². The Morgan fingerprint density at radius 3 is 2.71 bits per heavy atom. The fraction of sp³-hybridized carbons (Fsp3) is 0.882. The normalized spacial score (nSPS) is 17.9. The van der Waals surface area contributed by atoms with E-state index in [0.29, 0.717) is 5.41 Å². The third-order valence-electron chi connectivity index (χ3n) is 4.82. The minimum Gasteiger partial charge on any atom is -0.313 e. The van der Waals surface area contributed by atoms with E-state index in [4.69, 9.17) is 0 Å². The third-order valence-corrected chi connectivity index (χ3v) is 4.82. The first-order valence-corrected chi connectivity index (χ1v) is 8.83. The van der Waals surface area contributed by atoms with Crippen molar-refractivity contribution in [3.05, 3.63) is 12.2 Å². The molecule has 0 aliphatic heterocycles. The summed E-state index contributed by atoms with van der Waals surface area (Å²) in [5.74, 6) is 1.17. The van der Waals surface area contributed by atoms with Crippen molar-refractivity contribution in [1.29, 1.82) is 0 Å². The van der Waals surface area contributed by atoms with Crippen LogP contribution in [0, 0.1) is 5.41 Å². The van der Waals surface area contributed by atoms with E-state index in [1.807, 2.05) is 0 Å². The minimum atomic E-state index is 0.344. The van der Waals surface area contributed by atoms with Crippen molar-refractivity contribution in [3.8, 4) is 0 Å². The lowest BCUT2D eigenvalue weighted by atomic mass is 9.76. The highest BCUT2D eigenvalue weighted by Crippen LogP contribution is 2.33. The molecule has 1 heterocycles. The van der Waals surface area contributed by atoms with Crippen LogP contribution in [0.4, 0.5) is 0 Å². The van der Waals surface area contributed by atoms with Crippen molar-refractivity contribution in [1.82, 2.24) is 20.1 Å². The second-order valence-corrected chi connectivity index (χ2v) is 6.69. The molecular weight excluding hydrogens is 260 g/mol. The Balaban J connectivity index is 2.05. The molecule has 0 aromatic carbocycles. The van der Waals surface area contributed by atoms with Gasteiger partial charge in [-0.25, -0.2) is 4.98 Å². The zero-order chi connectivity index (χ0) is 15.1. The summed E-state index contributed by atoms with van der Waals surface area (Å²) in [5, 5.41) is 8.16. The van der Waals surface area contributed by atoms with Gasteiger partial charge in [-0.1, -0.05) is 33.6 Å². The van der Waals surface area contributed by atoms with Crippen molar-refractivity contribution in [2.45, 2.75) is 84.7 Å². The van der Waals surface area contributed by atoms with Crippen LogP contribution in [-0.4, -0.2) is 27.4 Å². The van der Waals surface area contributed by atoms with E-state index in [0.717, 1.165) is 32.0 Å².